The van der Waals surface area contributed by atoms with Crippen molar-refractivity contribution in [1.82, 2.24) is 9.80 Å². The fourth-order valence-corrected chi connectivity index (χ4v) is 3.80. The van der Waals surface area contributed by atoms with E-state index in [1.807, 2.05) is 23.1 Å². The first kappa shape index (κ1) is 20.6. The fourth-order valence-electron chi connectivity index (χ4n) is 3.39. The molecule has 1 aliphatic heterocycles. The smallest absolute Gasteiger partial charge is 0.289 e. The predicted molar refractivity (Wildman–Crippen MR) is 115 cm³/mol. The summed E-state index contributed by atoms with van der Waals surface area (Å²) in [5, 5.41) is 0. The molecule has 5 nitrogen and oxygen atoms in total. The van der Waals surface area contributed by atoms with E-state index in [1.54, 1.807) is 24.3 Å². The molecule has 156 valence electrons. The number of nitrogens with zero attached hydrogens (tertiary/aromatic N) is 2. The monoisotopic (exact) mass is 472 g/mol. The van der Waals surface area contributed by atoms with Crippen LogP contribution in [0.5, 0.6) is 5.75 Å². The molecule has 2 heterocycles. The minimum absolute atomic E-state index is 0.108. The molecule has 2 aromatic carbocycles. The standard InChI is InChI=1S/C23H22BrFN2O3/c24-21-4-2-1-3-17(21)15-26-11-13-27(14-12-26)23(28)22-10-9-20(30-22)16-29-19-7-5-18(25)6-8-19/h1-10H,11-16H2. The third-order valence-corrected chi connectivity index (χ3v) is 5.85. The van der Waals surface area contributed by atoms with Gasteiger partial charge in [-0.1, -0.05) is 34.1 Å². The highest BCUT2D eigenvalue weighted by atomic mass is 79.9. The Bertz CT molecular complexity index is 998. The Balaban J connectivity index is 1.28. The first-order valence-corrected chi connectivity index (χ1v) is 10.6. The number of rotatable bonds is 6. The molecule has 4 rings (SSSR count). The summed E-state index contributed by atoms with van der Waals surface area (Å²) in [6.07, 6.45) is 0. The van der Waals surface area contributed by atoms with Crippen molar-refractivity contribution in [3.8, 4) is 5.75 Å². The molecule has 0 N–H and O–H groups in total. The highest BCUT2D eigenvalue weighted by Crippen LogP contribution is 2.20. The van der Waals surface area contributed by atoms with Crippen LogP contribution in [-0.4, -0.2) is 41.9 Å². The van der Waals surface area contributed by atoms with Gasteiger partial charge in [-0.15, -0.1) is 0 Å². The van der Waals surface area contributed by atoms with Gasteiger partial charge in [0.15, 0.2) is 5.76 Å². The van der Waals surface area contributed by atoms with Gasteiger partial charge in [-0.3, -0.25) is 9.69 Å². The van der Waals surface area contributed by atoms with Gasteiger partial charge < -0.3 is 14.1 Å². The van der Waals surface area contributed by atoms with Crippen molar-refractivity contribution in [1.29, 1.82) is 0 Å². The highest BCUT2D eigenvalue weighted by Gasteiger charge is 2.24. The van der Waals surface area contributed by atoms with Gasteiger partial charge >= 0.3 is 0 Å². The highest BCUT2D eigenvalue weighted by molar-refractivity contribution is 9.10. The number of benzene rings is 2. The summed E-state index contributed by atoms with van der Waals surface area (Å²) < 4.78 is 25.3. The van der Waals surface area contributed by atoms with Crippen LogP contribution in [0.2, 0.25) is 0 Å². The van der Waals surface area contributed by atoms with Crippen molar-refractivity contribution in [2.75, 3.05) is 26.2 Å². The van der Waals surface area contributed by atoms with E-state index in [9.17, 15) is 9.18 Å². The van der Waals surface area contributed by atoms with Crippen LogP contribution in [0.15, 0.2) is 69.6 Å². The molecule has 1 aliphatic rings. The molecular weight excluding hydrogens is 451 g/mol. The van der Waals surface area contributed by atoms with Crippen molar-refractivity contribution in [2.45, 2.75) is 13.2 Å². The van der Waals surface area contributed by atoms with Crippen LogP contribution in [-0.2, 0) is 13.2 Å². The number of carbonyl (C=O) groups is 1. The van der Waals surface area contributed by atoms with E-state index >= 15 is 0 Å². The maximum Gasteiger partial charge on any atom is 0.289 e. The van der Waals surface area contributed by atoms with Gasteiger partial charge in [0.2, 0.25) is 0 Å². The van der Waals surface area contributed by atoms with E-state index < -0.39 is 0 Å². The maximum atomic E-state index is 12.9. The molecule has 0 aliphatic carbocycles. The summed E-state index contributed by atoms with van der Waals surface area (Å²) in [4.78, 5) is 16.9. The Kier molecular flexibility index (Phi) is 6.50. The van der Waals surface area contributed by atoms with Crippen LogP contribution in [0.3, 0.4) is 0 Å². The molecular formula is C23H22BrFN2O3. The van der Waals surface area contributed by atoms with Gasteiger partial charge in [-0.05, 0) is 48.0 Å². The predicted octanol–water partition coefficient (Wildman–Crippen LogP) is 4.72. The zero-order chi connectivity index (χ0) is 20.9. The largest absolute Gasteiger partial charge is 0.486 e. The van der Waals surface area contributed by atoms with Gasteiger partial charge in [0.25, 0.3) is 5.91 Å². The van der Waals surface area contributed by atoms with Crippen molar-refractivity contribution < 1.29 is 18.3 Å². The van der Waals surface area contributed by atoms with Crippen molar-refractivity contribution in [3.63, 3.8) is 0 Å². The van der Waals surface area contributed by atoms with Crippen molar-refractivity contribution in [2.24, 2.45) is 0 Å². The number of furan rings is 1. The fraction of sp³-hybridized carbons (Fsp3) is 0.261. The SMILES string of the molecule is O=C(c1ccc(COc2ccc(F)cc2)o1)N1CCN(Cc2ccccc2Br)CC1. The molecule has 0 radical (unpaired) electrons. The summed E-state index contributed by atoms with van der Waals surface area (Å²) in [5.41, 5.74) is 1.24. The summed E-state index contributed by atoms with van der Waals surface area (Å²) in [7, 11) is 0. The van der Waals surface area contributed by atoms with Crippen LogP contribution in [0.25, 0.3) is 0 Å². The second-order valence-electron chi connectivity index (χ2n) is 7.17. The molecule has 7 heteroatoms. The van der Waals surface area contributed by atoms with Crippen molar-refractivity contribution >= 4 is 21.8 Å². The Morgan fingerprint density at radius 1 is 1.00 bits per heavy atom. The summed E-state index contributed by atoms with van der Waals surface area (Å²) >= 11 is 3.59. The molecule has 30 heavy (non-hydrogen) atoms. The van der Waals surface area contributed by atoms with E-state index in [0.717, 1.165) is 24.1 Å². The molecule has 1 fully saturated rings. The Morgan fingerprint density at radius 3 is 2.47 bits per heavy atom. The average molecular weight is 473 g/mol. The molecule has 1 aromatic heterocycles. The molecule has 0 atom stereocenters. The number of hydrogen-bond donors (Lipinski definition) is 0. The van der Waals surface area contributed by atoms with E-state index in [0.29, 0.717) is 30.4 Å². The minimum Gasteiger partial charge on any atom is -0.486 e. The number of halogens is 2. The van der Waals surface area contributed by atoms with Crippen molar-refractivity contribution in [3.05, 3.63) is 88.0 Å². The molecule has 0 saturated carbocycles. The van der Waals surface area contributed by atoms with Crippen LogP contribution in [0.4, 0.5) is 4.39 Å². The third-order valence-electron chi connectivity index (χ3n) is 5.08. The normalized spacial score (nSPS) is 14.7. The third kappa shape index (κ3) is 5.09. The maximum absolute atomic E-state index is 12.9. The summed E-state index contributed by atoms with van der Waals surface area (Å²) in [6.45, 7) is 3.98. The number of hydrogen-bond acceptors (Lipinski definition) is 4. The first-order chi connectivity index (χ1) is 14.6. The Labute approximate surface area is 183 Å². The molecule has 0 spiro atoms. The number of amides is 1. The number of carbonyl (C=O) groups excluding carboxylic acids is 1. The second-order valence-corrected chi connectivity index (χ2v) is 8.02. The average Bonchev–Trinajstić information content (AvgIpc) is 3.24. The van der Waals surface area contributed by atoms with Crippen LogP contribution in [0, 0.1) is 5.82 Å². The van der Waals surface area contributed by atoms with E-state index in [4.69, 9.17) is 9.15 Å². The lowest BCUT2D eigenvalue weighted by atomic mass is 10.2. The molecule has 1 saturated heterocycles. The van der Waals surface area contributed by atoms with Crippen LogP contribution in [0.1, 0.15) is 21.9 Å². The molecule has 0 unspecified atom stereocenters. The topological polar surface area (TPSA) is 45.9 Å². The number of piperazine rings is 1. The Hall–Kier alpha value is -2.64. The van der Waals surface area contributed by atoms with Gasteiger partial charge in [0.1, 0.15) is 23.9 Å². The minimum atomic E-state index is -0.315. The van der Waals surface area contributed by atoms with Gasteiger partial charge in [0, 0.05) is 37.2 Å². The zero-order valence-electron chi connectivity index (χ0n) is 16.4. The quantitative estimate of drug-likeness (QED) is 0.520. The lowest BCUT2D eigenvalue weighted by molar-refractivity contribution is 0.0594. The zero-order valence-corrected chi connectivity index (χ0v) is 18.0. The summed E-state index contributed by atoms with van der Waals surface area (Å²) in [5.74, 6) is 0.984. The van der Waals surface area contributed by atoms with E-state index in [1.165, 1.54) is 17.7 Å². The lowest BCUT2D eigenvalue weighted by Gasteiger charge is -2.34. The van der Waals surface area contributed by atoms with E-state index in [-0.39, 0.29) is 18.3 Å². The molecule has 1 amide bonds. The van der Waals surface area contributed by atoms with Crippen LogP contribution < -0.4 is 4.74 Å². The summed E-state index contributed by atoms with van der Waals surface area (Å²) in [6, 6.07) is 17.4. The Morgan fingerprint density at radius 2 is 1.73 bits per heavy atom. The van der Waals surface area contributed by atoms with E-state index in [2.05, 4.69) is 26.9 Å². The molecule has 3 aromatic rings. The lowest BCUT2D eigenvalue weighted by Crippen LogP contribution is -2.48. The van der Waals surface area contributed by atoms with Gasteiger partial charge in [-0.2, -0.15) is 0 Å². The molecule has 0 bridgehead atoms. The van der Waals surface area contributed by atoms with Gasteiger partial charge in [0.05, 0.1) is 0 Å². The first-order valence-electron chi connectivity index (χ1n) is 9.80. The number of ether oxygens (including phenoxy) is 1. The second kappa shape index (κ2) is 9.45. The van der Waals surface area contributed by atoms with Crippen LogP contribution >= 0.6 is 15.9 Å². The van der Waals surface area contributed by atoms with Gasteiger partial charge in [-0.25, -0.2) is 4.39 Å².